The zero-order valence-corrected chi connectivity index (χ0v) is 17.8. The van der Waals surface area contributed by atoms with Gasteiger partial charge < -0.3 is 4.57 Å². The molecule has 154 valence electrons. The molecular weight excluding hydrogens is 402 g/mol. The summed E-state index contributed by atoms with van der Waals surface area (Å²) in [6, 6.07) is 39.8. The number of nitrogens with zero attached hydrogens (tertiary/aromatic N) is 3. The van der Waals surface area contributed by atoms with Crippen LogP contribution in [0.25, 0.3) is 49.9 Å². The maximum Gasteiger partial charge on any atom is 0.0992 e. The van der Waals surface area contributed by atoms with Crippen molar-refractivity contribution in [3.05, 3.63) is 121 Å². The van der Waals surface area contributed by atoms with E-state index in [2.05, 4.69) is 101 Å². The Hall–Kier alpha value is -4.68. The Morgan fingerprint density at radius 1 is 0.606 bits per heavy atom. The number of aromatic nitrogens is 2. The summed E-state index contributed by atoms with van der Waals surface area (Å²) in [6.45, 7) is 0. The normalized spacial score (nSPS) is 11.0. The number of hydrogen-bond donors (Lipinski definition) is 0. The van der Waals surface area contributed by atoms with E-state index in [4.69, 9.17) is 0 Å². The molecule has 6 rings (SSSR count). The van der Waals surface area contributed by atoms with Gasteiger partial charge in [0.2, 0.25) is 0 Å². The Balaban J connectivity index is 1.50. The molecule has 0 saturated heterocycles. The van der Waals surface area contributed by atoms with Gasteiger partial charge >= 0.3 is 0 Å². The Bertz CT molecular complexity index is 1630. The molecule has 2 heterocycles. The molecule has 4 aromatic carbocycles. The molecule has 0 fully saturated rings. The number of benzene rings is 4. The third-order valence-electron chi connectivity index (χ3n) is 6.07. The van der Waals surface area contributed by atoms with E-state index in [-0.39, 0.29) is 0 Å². The van der Waals surface area contributed by atoms with Crippen LogP contribution in [0.3, 0.4) is 0 Å². The van der Waals surface area contributed by atoms with Crippen LogP contribution in [0.5, 0.6) is 0 Å². The lowest BCUT2D eigenvalue weighted by molar-refractivity contribution is 1.18. The van der Waals surface area contributed by atoms with Crippen molar-refractivity contribution in [2.75, 3.05) is 0 Å². The predicted molar refractivity (Wildman–Crippen MR) is 134 cm³/mol. The van der Waals surface area contributed by atoms with Crippen LogP contribution in [0.2, 0.25) is 0 Å². The lowest BCUT2D eigenvalue weighted by Gasteiger charge is -2.11. The molecule has 6 aromatic rings. The van der Waals surface area contributed by atoms with E-state index in [1.807, 2.05) is 18.2 Å². The highest BCUT2D eigenvalue weighted by atomic mass is 15.0. The molecule has 0 spiro atoms. The Morgan fingerprint density at radius 2 is 1.24 bits per heavy atom. The summed E-state index contributed by atoms with van der Waals surface area (Å²) in [5.41, 5.74) is 8.16. The first-order valence-electron chi connectivity index (χ1n) is 10.9. The van der Waals surface area contributed by atoms with Crippen LogP contribution < -0.4 is 0 Å². The first-order valence-corrected chi connectivity index (χ1v) is 10.9. The largest absolute Gasteiger partial charge is 0.309 e. The molecule has 0 aliphatic rings. The molecule has 33 heavy (non-hydrogen) atoms. The van der Waals surface area contributed by atoms with Crippen LogP contribution in [-0.4, -0.2) is 9.55 Å². The molecule has 0 radical (unpaired) electrons. The molecule has 0 aliphatic carbocycles. The summed E-state index contributed by atoms with van der Waals surface area (Å²) in [7, 11) is 0. The van der Waals surface area contributed by atoms with Gasteiger partial charge in [0.25, 0.3) is 0 Å². The van der Waals surface area contributed by atoms with Gasteiger partial charge in [0, 0.05) is 28.2 Å². The zero-order chi connectivity index (χ0) is 22.2. The van der Waals surface area contributed by atoms with Gasteiger partial charge in [0.1, 0.15) is 0 Å². The summed E-state index contributed by atoms with van der Waals surface area (Å²) >= 11 is 0. The van der Waals surface area contributed by atoms with Gasteiger partial charge in [0.15, 0.2) is 0 Å². The summed E-state index contributed by atoms with van der Waals surface area (Å²) < 4.78 is 2.33. The monoisotopic (exact) mass is 421 g/mol. The fourth-order valence-corrected chi connectivity index (χ4v) is 4.54. The number of para-hydroxylation sites is 2. The van der Waals surface area contributed by atoms with E-state index in [0.29, 0.717) is 5.56 Å². The lowest BCUT2D eigenvalue weighted by Crippen LogP contribution is -1.94. The Labute approximate surface area is 191 Å². The Kier molecular flexibility index (Phi) is 4.49. The van der Waals surface area contributed by atoms with Crippen molar-refractivity contribution in [3.63, 3.8) is 0 Å². The standard InChI is InChI=1S/C30H19N3/c31-20-21-15-16-32-28(17-21)24-9-5-7-22(18-24)23-8-6-10-25(19-23)33-29-13-3-1-11-26(29)27-12-2-4-14-30(27)33/h1-19H. The number of nitriles is 1. The van der Waals surface area contributed by atoms with Crippen molar-refractivity contribution in [3.8, 4) is 34.1 Å². The Morgan fingerprint density at radius 3 is 1.97 bits per heavy atom. The first-order chi connectivity index (χ1) is 16.3. The highest BCUT2D eigenvalue weighted by molar-refractivity contribution is 6.09. The second kappa shape index (κ2) is 7.78. The average molecular weight is 422 g/mol. The summed E-state index contributed by atoms with van der Waals surface area (Å²) in [5.74, 6) is 0. The minimum atomic E-state index is 0.610. The average Bonchev–Trinajstić information content (AvgIpc) is 3.23. The van der Waals surface area contributed by atoms with Crippen LogP contribution in [0.15, 0.2) is 115 Å². The van der Waals surface area contributed by atoms with Crippen molar-refractivity contribution >= 4 is 21.8 Å². The van der Waals surface area contributed by atoms with Crippen LogP contribution in [0.4, 0.5) is 0 Å². The van der Waals surface area contributed by atoms with E-state index < -0.39 is 0 Å². The minimum absolute atomic E-state index is 0.610. The maximum atomic E-state index is 9.23. The maximum absolute atomic E-state index is 9.23. The highest BCUT2D eigenvalue weighted by Crippen LogP contribution is 2.33. The smallest absolute Gasteiger partial charge is 0.0992 e. The van der Waals surface area contributed by atoms with Crippen LogP contribution in [-0.2, 0) is 0 Å². The van der Waals surface area contributed by atoms with E-state index in [9.17, 15) is 5.26 Å². The molecular formula is C30H19N3. The number of hydrogen-bond acceptors (Lipinski definition) is 2. The fourth-order valence-electron chi connectivity index (χ4n) is 4.54. The molecule has 0 aliphatic heterocycles. The lowest BCUT2D eigenvalue weighted by atomic mass is 10.0. The third-order valence-corrected chi connectivity index (χ3v) is 6.07. The van der Waals surface area contributed by atoms with Crippen molar-refractivity contribution in [2.45, 2.75) is 0 Å². The zero-order valence-electron chi connectivity index (χ0n) is 17.8. The molecule has 0 unspecified atom stereocenters. The third kappa shape index (κ3) is 3.26. The summed E-state index contributed by atoms with van der Waals surface area (Å²) in [5, 5.41) is 11.7. The van der Waals surface area contributed by atoms with Gasteiger partial charge in [-0.3, -0.25) is 4.98 Å². The number of pyridine rings is 1. The van der Waals surface area contributed by atoms with E-state index in [1.54, 1.807) is 12.3 Å². The topological polar surface area (TPSA) is 41.6 Å². The quantitative estimate of drug-likeness (QED) is 0.299. The number of rotatable bonds is 3. The first kappa shape index (κ1) is 19.0. The summed E-state index contributed by atoms with van der Waals surface area (Å²) in [6.07, 6.45) is 1.68. The van der Waals surface area contributed by atoms with Crippen molar-refractivity contribution in [1.82, 2.24) is 9.55 Å². The van der Waals surface area contributed by atoms with E-state index in [0.717, 1.165) is 28.1 Å². The van der Waals surface area contributed by atoms with Gasteiger partial charge in [0.05, 0.1) is 28.4 Å². The van der Waals surface area contributed by atoms with Gasteiger partial charge in [-0.15, -0.1) is 0 Å². The second-order valence-electron chi connectivity index (χ2n) is 8.04. The second-order valence-corrected chi connectivity index (χ2v) is 8.04. The van der Waals surface area contributed by atoms with E-state index in [1.165, 1.54) is 21.8 Å². The van der Waals surface area contributed by atoms with Gasteiger partial charge in [-0.1, -0.05) is 66.7 Å². The van der Waals surface area contributed by atoms with Gasteiger partial charge in [-0.2, -0.15) is 5.26 Å². The molecule has 0 bridgehead atoms. The number of fused-ring (bicyclic) bond motifs is 3. The van der Waals surface area contributed by atoms with Crippen LogP contribution in [0.1, 0.15) is 5.56 Å². The van der Waals surface area contributed by atoms with Crippen molar-refractivity contribution < 1.29 is 0 Å². The molecule has 3 nitrogen and oxygen atoms in total. The fraction of sp³-hybridized carbons (Fsp3) is 0. The van der Waals surface area contributed by atoms with Gasteiger partial charge in [-0.05, 0) is 53.6 Å². The highest BCUT2D eigenvalue weighted by Gasteiger charge is 2.12. The predicted octanol–water partition coefficient (Wildman–Crippen LogP) is 7.38. The summed E-state index contributed by atoms with van der Waals surface area (Å²) in [4.78, 5) is 4.46. The van der Waals surface area contributed by atoms with E-state index >= 15 is 0 Å². The SMILES string of the molecule is N#Cc1ccnc(-c2cccc(-c3cccc(-n4c5ccccc5c5ccccc54)c3)c2)c1. The van der Waals surface area contributed by atoms with Crippen LogP contribution >= 0.6 is 0 Å². The molecule has 0 saturated carbocycles. The molecule has 2 aromatic heterocycles. The van der Waals surface area contributed by atoms with Gasteiger partial charge in [-0.25, -0.2) is 0 Å². The molecule has 0 atom stereocenters. The minimum Gasteiger partial charge on any atom is -0.309 e. The van der Waals surface area contributed by atoms with Crippen LogP contribution in [0, 0.1) is 11.3 Å². The molecule has 3 heteroatoms. The molecule has 0 amide bonds. The van der Waals surface area contributed by atoms with Crippen molar-refractivity contribution in [1.29, 1.82) is 5.26 Å². The molecule has 0 N–H and O–H groups in total. The van der Waals surface area contributed by atoms with Crippen molar-refractivity contribution in [2.24, 2.45) is 0 Å².